The fourth-order valence-electron chi connectivity index (χ4n) is 1.78. The lowest BCUT2D eigenvalue weighted by Crippen LogP contribution is -2.60. The van der Waals surface area contributed by atoms with E-state index in [1.807, 2.05) is 41.5 Å². The molecule has 6 heteroatoms. The van der Waals surface area contributed by atoms with E-state index in [1.54, 1.807) is 6.07 Å². The highest BCUT2D eigenvalue weighted by molar-refractivity contribution is 6.74. The van der Waals surface area contributed by atoms with E-state index < -0.39 is 6.75 Å². The fraction of sp³-hybridized carbons (Fsp3) is 0.750. The number of hydrogen-bond acceptors (Lipinski definition) is 5. The molecule has 0 saturated heterocycles. The summed E-state index contributed by atoms with van der Waals surface area (Å²) in [6, 6.07) is 1.72. The molecule has 0 fully saturated rings. The third-order valence-corrected chi connectivity index (χ3v) is 2.17. The van der Waals surface area contributed by atoms with Crippen molar-refractivity contribution >= 4 is 12.3 Å². The van der Waals surface area contributed by atoms with Crippen LogP contribution in [0.5, 0.6) is 0 Å². The van der Waals surface area contributed by atoms with Gasteiger partial charge in [-0.15, -0.1) is 5.16 Å². The molecule has 104 valence electrons. The van der Waals surface area contributed by atoms with Crippen LogP contribution in [0, 0.1) is 0 Å². The van der Waals surface area contributed by atoms with E-state index in [0.717, 1.165) is 0 Å². The van der Waals surface area contributed by atoms with Gasteiger partial charge in [-0.3, -0.25) is 0 Å². The second-order valence-electron chi connectivity index (χ2n) is 5.12. The maximum Gasteiger partial charge on any atom is 0.431 e. The van der Waals surface area contributed by atoms with Crippen LogP contribution in [0.15, 0.2) is 16.9 Å². The lowest BCUT2D eigenvalue weighted by atomic mass is 9.72. The molecule has 0 aliphatic rings. The van der Waals surface area contributed by atoms with E-state index in [9.17, 15) is 0 Å². The highest BCUT2D eigenvalue weighted by Gasteiger charge is 2.37. The first-order chi connectivity index (χ1) is 8.35. The normalized spacial score (nSPS) is 12.9. The van der Waals surface area contributed by atoms with Gasteiger partial charge in [-0.05, 0) is 47.6 Å². The largest absolute Gasteiger partial charge is 0.538 e. The Morgan fingerprint density at radius 3 is 1.67 bits per heavy atom. The van der Waals surface area contributed by atoms with Gasteiger partial charge in [-0.1, -0.05) is 0 Å². The summed E-state index contributed by atoms with van der Waals surface area (Å²) in [5.74, 6) is 0. The SMILES string of the molecule is CC(C)O[B-](OC(C)C)(OC(C)C)c1ccon1. The van der Waals surface area contributed by atoms with Gasteiger partial charge in [-0.2, -0.15) is 0 Å². The summed E-state index contributed by atoms with van der Waals surface area (Å²) in [6.45, 7) is 9.53. The minimum atomic E-state index is -2.08. The molecule has 0 unspecified atom stereocenters. The molecular weight excluding hydrogens is 233 g/mol. The third kappa shape index (κ3) is 4.12. The molecule has 1 heterocycles. The fourth-order valence-corrected chi connectivity index (χ4v) is 1.78. The van der Waals surface area contributed by atoms with Crippen LogP contribution in [0.4, 0.5) is 0 Å². The van der Waals surface area contributed by atoms with Crippen LogP contribution in [0.2, 0.25) is 0 Å². The highest BCUT2D eigenvalue weighted by Crippen LogP contribution is 2.17. The summed E-state index contributed by atoms with van der Waals surface area (Å²) in [5, 5.41) is 3.93. The van der Waals surface area contributed by atoms with Gasteiger partial charge in [0.15, 0.2) is 0 Å². The quantitative estimate of drug-likeness (QED) is 0.699. The van der Waals surface area contributed by atoms with Gasteiger partial charge in [0.2, 0.25) is 0 Å². The zero-order valence-corrected chi connectivity index (χ0v) is 12.0. The van der Waals surface area contributed by atoms with E-state index in [0.29, 0.717) is 5.59 Å². The maximum absolute atomic E-state index is 5.90. The van der Waals surface area contributed by atoms with Gasteiger partial charge < -0.3 is 18.5 Å². The molecule has 0 aliphatic carbocycles. The third-order valence-electron chi connectivity index (χ3n) is 2.17. The Balaban J connectivity index is 3.07. The van der Waals surface area contributed by atoms with E-state index >= 15 is 0 Å². The smallest absolute Gasteiger partial charge is 0.431 e. The van der Waals surface area contributed by atoms with Gasteiger partial charge in [0, 0.05) is 23.9 Å². The van der Waals surface area contributed by atoms with E-state index in [-0.39, 0.29) is 18.3 Å². The first-order valence-corrected chi connectivity index (χ1v) is 6.43. The summed E-state index contributed by atoms with van der Waals surface area (Å²) >= 11 is 0. The van der Waals surface area contributed by atoms with Crippen molar-refractivity contribution in [1.29, 1.82) is 0 Å². The summed E-state index contributed by atoms with van der Waals surface area (Å²) < 4.78 is 22.6. The molecule has 0 saturated carbocycles. The van der Waals surface area contributed by atoms with Crippen LogP contribution in [0.3, 0.4) is 0 Å². The van der Waals surface area contributed by atoms with Crippen molar-refractivity contribution in [3.8, 4) is 0 Å². The second kappa shape index (κ2) is 6.36. The van der Waals surface area contributed by atoms with Crippen LogP contribution in [-0.4, -0.2) is 30.2 Å². The molecule has 0 aromatic carbocycles. The average Bonchev–Trinajstić information content (AvgIpc) is 2.65. The number of aromatic nitrogens is 1. The van der Waals surface area contributed by atoms with Gasteiger partial charge in [0.05, 0.1) is 0 Å². The van der Waals surface area contributed by atoms with Crippen molar-refractivity contribution in [3.05, 3.63) is 12.3 Å². The van der Waals surface area contributed by atoms with E-state index in [4.69, 9.17) is 18.5 Å². The number of nitrogens with zero attached hydrogens (tertiary/aromatic N) is 1. The Morgan fingerprint density at radius 1 is 0.944 bits per heavy atom. The van der Waals surface area contributed by atoms with Crippen molar-refractivity contribution < 1.29 is 18.5 Å². The first-order valence-electron chi connectivity index (χ1n) is 6.43. The molecule has 0 bridgehead atoms. The molecule has 1 aromatic heterocycles. The Morgan fingerprint density at radius 2 is 1.39 bits per heavy atom. The van der Waals surface area contributed by atoms with E-state index in [1.165, 1.54) is 6.26 Å². The first kappa shape index (κ1) is 15.2. The van der Waals surface area contributed by atoms with Crippen molar-refractivity contribution in [3.63, 3.8) is 0 Å². The average molecular weight is 256 g/mol. The molecule has 0 amide bonds. The topological polar surface area (TPSA) is 53.7 Å². The van der Waals surface area contributed by atoms with Gasteiger partial charge in [-0.25, -0.2) is 0 Å². The Labute approximate surface area is 109 Å². The molecule has 0 spiro atoms. The maximum atomic E-state index is 5.90. The summed E-state index contributed by atoms with van der Waals surface area (Å²) in [5.41, 5.74) is 0.547. The molecule has 1 aromatic rings. The molecule has 5 nitrogen and oxygen atoms in total. The molecule has 0 aliphatic heterocycles. The number of rotatable bonds is 7. The second-order valence-corrected chi connectivity index (χ2v) is 5.12. The zero-order chi connectivity index (χ0) is 13.8. The summed E-state index contributed by atoms with van der Waals surface area (Å²) in [7, 11) is 0. The highest BCUT2D eigenvalue weighted by atomic mass is 16.8. The van der Waals surface area contributed by atoms with Crippen LogP contribution in [0.25, 0.3) is 0 Å². The van der Waals surface area contributed by atoms with E-state index in [2.05, 4.69) is 5.16 Å². The molecule has 0 N–H and O–H groups in total. The molecule has 0 atom stereocenters. The van der Waals surface area contributed by atoms with Crippen molar-refractivity contribution in [2.75, 3.05) is 0 Å². The summed E-state index contributed by atoms with van der Waals surface area (Å²) in [6.07, 6.45) is 1.36. The lowest BCUT2D eigenvalue weighted by Gasteiger charge is -2.44. The minimum Gasteiger partial charge on any atom is -0.538 e. The minimum absolute atomic E-state index is 0.0424. The van der Waals surface area contributed by atoms with Crippen LogP contribution in [0.1, 0.15) is 41.5 Å². The molecule has 1 rings (SSSR count). The Hall–Kier alpha value is -0.845. The Kier molecular flexibility index (Phi) is 5.37. The van der Waals surface area contributed by atoms with Crippen molar-refractivity contribution in [2.24, 2.45) is 0 Å². The van der Waals surface area contributed by atoms with Gasteiger partial charge in [0.1, 0.15) is 6.26 Å². The monoisotopic (exact) mass is 256 g/mol. The number of hydrogen-bond donors (Lipinski definition) is 0. The van der Waals surface area contributed by atoms with Crippen LogP contribution in [-0.2, 0) is 14.0 Å². The predicted molar refractivity (Wildman–Crippen MR) is 70.6 cm³/mol. The predicted octanol–water partition coefficient (Wildman–Crippen LogP) is 2.10. The van der Waals surface area contributed by atoms with Crippen molar-refractivity contribution in [2.45, 2.75) is 59.9 Å². The molecule has 18 heavy (non-hydrogen) atoms. The molecular formula is C12H23BNO4-. The van der Waals surface area contributed by atoms with Gasteiger partial charge >= 0.3 is 6.75 Å². The van der Waals surface area contributed by atoms with Gasteiger partial charge in [0.25, 0.3) is 0 Å². The molecule has 0 radical (unpaired) electrons. The standard InChI is InChI=1S/C12H23BNO4/c1-9(2)16-13(17-10(3)4,18-11(5)6)12-7-8-15-14-12/h7-11H,1-6H3/q-1. The Bertz CT molecular complexity index is 311. The lowest BCUT2D eigenvalue weighted by molar-refractivity contribution is 0.0142. The van der Waals surface area contributed by atoms with Crippen LogP contribution >= 0.6 is 0 Å². The van der Waals surface area contributed by atoms with Crippen LogP contribution < -0.4 is 5.59 Å². The zero-order valence-electron chi connectivity index (χ0n) is 12.0. The van der Waals surface area contributed by atoms with Crippen molar-refractivity contribution in [1.82, 2.24) is 5.16 Å². The summed E-state index contributed by atoms with van der Waals surface area (Å²) in [4.78, 5) is 0.